The predicted molar refractivity (Wildman–Crippen MR) is 62.6 cm³/mol. The van der Waals surface area contributed by atoms with Gasteiger partial charge in [-0.05, 0) is 12.5 Å². The topological polar surface area (TPSA) is 76.0 Å². The summed E-state index contributed by atoms with van der Waals surface area (Å²) in [6, 6.07) is 9.39. The predicted octanol–water partition coefficient (Wildman–Crippen LogP) is 0.239. The molecule has 0 spiro atoms. The summed E-state index contributed by atoms with van der Waals surface area (Å²) in [5.41, 5.74) is 0.924. The van der Waals surface area contributed by atoms with Crippen molar-refractivity contribution in [2.45, 2.75) is 38.1 Å². The molecule has 0 aliphatic carbocycles. The van der Waals surface area contributed by atoms with E-state index in [1.807, 2.05) is 30.3 Å². The highest BCUT2D eigenvalue weighted by Crippen LogP contribution is 2.24. The standard InChI is InChI=1S/C13H16O5/c1-8(14)11-12(10(15)13(16)18-11)17-7-9-5-3-2-4-6-9/h2-6,10-13,15-16H,7H2,1H3/t10-,11-,12-,13+/m1/s1. The first-order valence-corrected chi connectivity index (χ1v) is 5.77. The maximum atomic E-state index is 11.3. The van der Waals surface area contributed by atoms with Crippen LogP contribution in [0.25, 0.3) is 0 Å². The molecule has 1 aromatic carbocycles. The molecule has 18 heavy (non-hydrogen) atoms. The van der Waals surface area contributed by atoms with Crippen LogP contribution in [0.1, 0.15) is 12.5 Å². The van der Waals surface area contributed by atoms with Gasteiger partial charge >= 0.3 is 0 Å². The summed E-state index contributed by atoms with van der Waals surface area (Å²) in [5, 5.41) is 19.1. The number of hydrogen-bond acceptors (Lipinski definition) is 5. The molecule has 1 aliphatic rings. The van der Waals surface area contributed by atoms with Crippen LogP contribution in [-0.4, -0.2) is 40.6 Å². The van der Waals surface area contributed by atoms with Crippen LogP contribution in [0.5, 0.6) is 0 Å². The number of aliphatic hydroxyl groups is 2. The van der Waals surface area contributed by atoms with E-state index >= 15 is 0 Å². The molecule has 0 amide bonds. The van der Waals surface area contributed by atoms with E-state index < -0.39 is 24.6 Å². The van der Waals surface area contributed by atoms with E-state index in [1.165, 1.54) is 6.92 Å². The molecule has 1 fully saturated rings. The summed E-state index contributed by atoms with van der Waals surface area (Å²) in [7, 11) is 0. The second-order valence-electron chi connectivity index (χ2n) is 4.31. The van der Waals surface area contributed by atoms with E-state index in [4.69, 9.17) is 9.47 Å². The molecule has 2 N–H and O–H groups in total. The zero-order chi connectivity index (χ0) is 13.1. The Bertz CT molecular complexity index is 405. The van der Waals surface area contributed by atoms with Gasteiger partial charge in [-0.25, -0.2) is 0 Å². The van der Waals surface area contributed by atoms with Crippen molar-refractivity contribution >= 4 is 5.78 Å². The number of ketones is 1. The third-order valence-corrected chi connectivity index (χ3v) is 2.90. The number of carbonyl (C=O) groups is 1. The molecular weight excluding hydrogens is 236 g/mol. The maximum Gasteiger partial charge on any atom is 0.184 e. The van der Waals surface area contributed by atoms with Crippen LogP contribution < -0.4 is 0 Å². The quantitative estimate of drug-likeness (QED) is 0.802. The van der Waals surface area contributed by atoms with Crippen molar-refractivity contribution in [3.05, 3.63) is 35.9 Å². The Morgan fingerprint density at radius 3 is 2.61 bits per heavy atom. The number of rotatable bonds is 4. The van der Waals surface area contributed by atoms with Crippen molar-refractivity contribution in [2.75, 3.05) is 0 Å². The Labute approximate surface area is 105 Å². The molecule has 4 atom stereocenters. The van der Waals surface area contributed by atoms with Crippen molar-refractivity contribution in [2.24, 2.45) is 0 Å². The van der Waals surface area contributed by atoms with Crippen LogP contribution in [0.2, 0.25) is 0 Å². The lowest BCUT2D eigenvalue weighted by molar-refractivity contribution is -0.148. The number of aliphatic hydroxyl groups excluding tert-OH is 2. The van der Waals surface area contributed by atoms with Gasteiger partial charge in [-0.2, -0.15) is 0 Å². The lowest BCUT2D eigenvalue weighted by Crippen LogP contribution is -2.38. The second kappa shape index (κ2) is 5.58. The normalized spacial score (nSPS) is 31.5. The third-order valence-electron chi connectivity index (χ3n) is 2.90. The van der Waals surface area contributed by atoms with Crippen LogP contribution in [0.3, 0.4) is 0 Å². The van der Waals surface area contributed by atoms with E-state index in [9.17, 15) is 15.0 Å². The van der Waals surface area contributed by atoms with Crippen molar-refractivity contribution < 1.29 is 24.5 Å². The van der Waals surface area contributed by atoms with Gasteiger partial charge in [-0.1, -0.05) is 30.3 Å². The number of carbonyl (C=O) groups excluding carboxylic acids is 1. The zero-order valence-corrected chi connectivity index (χ0v) is 10.0. The number of benzene rings is 1. The summed E-state index contributed by atoms with van der Waals surface area (Å²) in [6.07, 6.45) is -4.33. The average Bonchev–Trinajstić information content (AvgIpc) is 2.65. The summed E-state index contributed by atoms with van der Waals surface area (Å²) >= 11 is 0. The molecule has 0 saturated carbocycles. The SMILES string of the molecule is CC(=O)[C@H]1O[C@H](O)[C@H](O)[C@H]1OCc1ccccc1. The van der Waals surface area contributed by atoms with Crippen LogP contribution in [0, 0.1) is 0 Å². The first-order chi connectivity index (χ1) is 8.59. The van der Waals surface area contributed by atoms with Gasteiger partial charge in [-0.3, -0.25) is 4.79 Å². The van der Waals surface area contributed by atoms with Crippen LogP contribution in [0.15, 0.2) is 30.3 Å². The van der Waals surface area contributed by atoms with Crippen LogP contribution in [-0.2, 0) is 20.9 Å². The van der Waals surface area contributed by atoms with Gasteiger partial charge in [0.1, 0.15) is 18.3 Å². The molecule has 5 heteroatoms. The molecule has 0 aromatic heterocycles. The maximum absolute atomic E-state index is 11.3. The minimum Gasteiger partial charge on any atom is -0.385 e. The highest BCUT2D eigenvalue weighted by molar-refractivity contribution is 5.81. The summed E-state index contributed by atoms with van der Waals surface area (Å²) in [6.45, 7) is 1.59. The van der Waals surface area contributed by atoms with Gasteiger partial charge in [0.15, 0.2) is 12.1 Å². The summed E-state index contributed by atoms with van der Waals surface area (Å²) in [5.74, 6) is -0.274. The first kappa shape index (κ1) is 13.2. The van der Waals surface area contributed by atoms with E-state index in [-0.39, 0.29) is 12.4 Å². The van der Waals surface area contributed by atoms with Crippen molar-refractivity contribution in [3.8, 4) is 0 Å². The minimum atomic E-state index is -1.38. The lowest BCUT2D eigenvalue weighted by Gasteiger charge is -2.18. The Morgan fingerprint density at radius 2 is 2.00 bits per heavy atom. The van der Waals surface area contributed by atoms with E-state index in [0.29, 0.717) is 0 Å². The van der Waals surface area contributed by atoms with Crippen molar-refractivity contribution in [3.63, 3.8) is 0 Å². The Kier molecular flexibility index (Phi) is 4.08. The fraction of sp³-hybridized carbons (Fsp3) is 0.462. The highest BCUT2D eigenvalue weighted by Gasteiger charge is 2.45. The largest absolute Gasteiger partial charge is 0.385 e. The highest BCUT2D eigenvalue weighted by atomic mass is 16.7. The third kappa shape index (κ3) is 2.76. The molecule has 5 nitrogen and oxygen atoms in total. The number of Topliss-reactive ketones (excluding diaryl/α,β-unsaturated/α-hetero) is 1. The van der Waals surface area contributed by atoms with Gasteiger partial charge < -0.3 is 19.7 Å². The summed E-state index contributed by atoms with van der Waals surface area (Å²) < 4.78 is 10.5. The first-order valence-electron chi connectivity index (χ1n) is 5.77. The molecule has 1 heterocycles. The van der Waals surface area contributed by atoms with E-state index in [0.717, 1.165) is 5.56 Å². The van der Waals surface area contributed by atoms with Crippen LogP contribution >= 0.6 is 0 Å². The summed E-state index contributed by atoms with van der Waals surface area (Å²) in [4.78, 5) is 11.3. The number of hydrogen-bond donors (Lipinski definition) is 2. The molecular formula is C13H16O5. The fourth-order valence-corrected chi connectivity index (χ4v) is 1.93. The Morgan fingerprint density at radius 1 is 1.33 bits per heavy atom. The molecule has 0 bridgehead atoms. The van der Waals surface area contributed by atoms with Crippen molar-refractivity contribution in [1.82, 2.24) is 0 Å². The molecule has 1 aliphatic heterocycles. The van der Waals surface area contributed by atoms with E-state index in [2.05, 4.69) is 0 Å². The second-order valence-corrected chi connectivity index (χ2v) is 4.31. The smallest absolute Gasteiger partial charge is 0.184 e. The van der Waals surface area contributed by atoms with Gasteiger partial charge in [-0.15, -0.1) is 0 Å². The zero-order valence-electron chi connectivity index (χ0n) is 10.0. The molecule has 1 aromatic rings. The monoisotopic (exact) mass is 252 g/mol. The molecule has 1 saturated heterocycles. The molecule has 0 radical (unpaired) electrons. The average molecular weight is 252 g/mol. The molecule has 2 rings (SSSR count). The number of ether oxygens (including phenoxy) is 2. The van der Waals surface area contributed by atoms with Gasteiger partial charge in [0.05, 0.1) is 6.61 Å². The van der Waals surface area contributed by atoms with Gasteiger partial charge in [0.2, 0.25) is 0 Å². The fourth-order valence-electron chi connectivity index (χ4n) is 1.93. The Hall–Kier alpha value is -1.27. The lowest BCUT2D eigenvalue weighted by atomic mass is 10.1. The molecule has 98 valence electrons. The molecule has 0 unspecified atom stereocenters. The van der Waals surface area contributed by atoms with Gasteiger partial charge in [0, 0.05) is 0 Å². The van der Waals surface area contributed by atoms with Crippen molar-refractivity contribution in [1.29, 1.82) is 0 Å². The Balaban J connectivity index is 2.00. The van der Waals surface area contributed by atoms with E-state index in [1.54, 1.807) is 0 Å². The minimum absolute atomic E-state index is 0.252. The van der Waals surface area contributed by atoms with Crippen LogP contribution in [0.4, 0.5) is 0 Å². The van der Waals surface area contributed by atoms with Gasteiger partial charge in [0.25, 0.3) is 0 Å².